The van der Waals surface area contributed by atoms with Crippen LogP contribution in [-0.2, 0) is 14.8 Å². The molecule has 0 atom stereocenters. The lowest BCUT2D eigenvalue weighted by Crippen LogP contribution is -2.38. The van der Waals surface area contributed by atoms with E-state index in [0.717, 1.165) is 37.0 Å². The third-order valence-electron chi connectivity index (χ3n) is 4.94. The number of hydrogen-bond acceptors (Lipinski definition) is 7. The lowest BCUT2D eigenvalue weighted by Gasteiger charge is -2.33. The van der Waals surface area contributed by atoms with Gasteiger partial charge in [-0.25, -0.2) is 17.7 Å². The summed E-state index contributed by atoms with van der Waals surface area (Å²) in [4.78, 5) is 22.3. The van der Waals surface area contributed by atoms with Gasteiger partial charge in [0.2, 0.25) is 10.0 Å². The first-order chi connectivity index (χ1) is 13.3. The zero-order chi connectivity index (χ0) is 20.3. The summed E-state index contributed by atoms with van der Waals surface area (Å²) >= 11 is 0. The molecule has 0 unspecified atom stereocenters. The van der Waals surface area contributed by atoms with Crippen LogP contribution >= 0.6 is 0 Å². The fourth-order valence-corrected chi connectivity index (χ4v) is 3.58. The number of hydrogen-bond donors (Lipinski definition) is 1. The number of carbonyl (C=O) groups excluding carboxylic acids is 1. The maximum Gasteiger partial charge on any atom is 0.267 e. The Kier molecular flexibility index (Phi) is 6.11. The van der Waals surface area contributed by atoms with E-state index in [4.69, 9.17) is 10.5 Å². The van der Waals surface area contributed by atoms with Crippen molar-refractivity contribution in [3.05, 3.63) is 30.2 Å². The molecule has 1 saturated heterocycles. The lowest BCUT2D eigenvalue weighted by molar-refractivity contribution is 0.0337. The summed E-state index contributed by atoms with van der Waals surface area (Å²) in [5.74, 6) is -0.559. The van der Waals surface area contributed by atoms with Crippen LogP contribution in [0, 0.1) is 0 Å². The minimum atomic E-state index is -3.18. The largest absolute Gasteiger partial charge is 0.377 e. The Morgan fingerprint density at radius 1 is 1.32 bits per heavy atom. The van der Waals surface area contributed by atoms with Gasteiger partial charge < -0.3 is 15.4 Å². The van der Waals surface area contributed by atoms with Crippen molar-refractivity contribution in [1.29, 1.82) is 0 Å². The van der Waals surface area contributed by atoms with E-state index in [2.05, 4.69) is 14.9 Å². The van der Waals surface area contributed by atoms with Gasteiger partial charge in [-0.2, -0.15) is 0 Å². The van der Waals surface area contributed by atoms with E-state index in [1.807, 2.05) is 0 Å². The molecule has 1 fully saturated rings. The van der Waals surface area contributed by atoms with Crippen LogP contribution in [0.15, 0.2) is 24.5 Å². The molecule has 10 heteroatoms. The zero-order valence-corrected chi connectivity index (χ0v) is 16.9. The predicted octanol–water partition coefficient (Wildman–Crippen LogP) is 0.606. The average Bonchev–Trinajstić information content (AvgIpc) is 2.67. The molecule has 1 aliphatic rings. The molecular weight excluding hydrogens is 382 g/mol. The van der Waals surface area contributed by atoms with Gasteiger partial charge >= 0.3 is 0 Å². The minimum Gasteiger partial charge on any atom is -0.377 e. The molecule has 0 radical (unpaired) electrons. The quantitative estimate of drug-likeness (QED) is 0.714. The van der Waals surface area contributed by atoms with Crippen LogP contribution in [0.25, 0.3) is 10.9 Å². The zero-order valence-electron chi connectivity index (χ0n) is 16.0. The van der Waals surface area contributed by atoms with Gasteiger partial charge in [-0.05, 0) is 25.0 Å². The highest BCUT2D eigenvalue weighted by atomic mass is 32.2. The standard InChI is InChI=1S/C18H25N5O4S/c1-22(28(2,25)26)9-10-27-14-5-7-23(8-6-14)16-12-20-11-13-3-4-15(18(19)24)21-17(13)16/h3-4,11-12,14H,5-10H2,1-2H3,(H2,19,24). The molecule has 9 nitrogen and oxygen atoms in total. The number of piperidine rings is 1. The molecule has 1 amide bonds. The molecule has 0 aromatic carbocycles. The molecule has 2 aromatic rings. The van der Waals surface area contributed by atoms with Gasteiger partial charge in [-0.15, -0.1) is 0 Å². The van der Waals surface area contributed by atoms with Crippen molar-refractivity contribution in [3.8, 4) is 0 Å². The Labute approximate surface area is 164 Å². The maximum absolute atomic E-state index is 11.5. The average molecular weight is 407 g/mol. The molecule has 2 aromatic heterocycles. The monoisotopic (exact) mass is 407 g/mol. The van der Waals surface area contributed by atoms with Crippen molar-refractivity contribution in [1.82, 2.24) is 14.3 Å². The maximum atomic E-state index is 11.5. The molecule has 152 valence electrons. The summed E-state index contributed by atoms with van der Waals surface area (Å²) in [5.41, 5.74) is 7.17. The fourth-order valence-electron chi connectivity index (χ4n) is 3.17. The summed E-state index contributed by atoms with van der Waals surface area (Å²) in [6.07, 6.45) is 6.36. The predicted molar refractivity (Wildman–Crippen MR) is 107 cm³/mol. The Morgan fingerprint density at radius 3 is 2.68 bits per heavy atom. The first-order valence-corrected chi connectivity index (χ1v) is 10.9. The lowest BCUT2D eigenvalue weighted by atomic mass is 10.1. The smallest absolute Gasteiger partial charge is 0.267 e. The number of likely N-dealkylation sites (N-methyl/N-ethyl adjacent to an activating group) is 1. The molecule has 3 rings (SSSR count). The summed E-state index contributed by atoms with van der Waals surface area (Å²) in [6.45, 7) is 2.23. The number of fused-ring (bicyclic) bond motifs is 1. The summed E-state index contributed by atoms with van der Waals surface area (Å²) in [5, 5.41) is 0.852. The topological polar surface area (TPSA) is 119 Å². The van der Waals surface area contributed by atoms with Crippen molar-refractivity contribution in [3.63, 3.8) is 0 Å². The number of nitrogens with zero attached hydrogens (tertiary/aromatic N) is 4. The van der Waals surface area contributed by atoms with Crippen molar-refractivity contribution in [2.75, 3.05) is 44.4 Å². The molecule has 1 aliphatic heterocycles. The third kappa shape index (κ3) is 4.75. The second-order valence-corrected chi connectivity index (χ2v) is 9.02. The van der Waals surface area contributed by atoms with Crippen LogP contribution in [0.2, 0.25) is 0 Å². The molecular formula is C18H25N5O4S. The van der Waals surface area contributed by atoms with Crippen LogP contribution < -0.4 is 10.6 Å². The molecule has 0 bridgehead atoms. The Bertz CT molecular complexity index is 958. The van der Waals surface area contributed by atoms with Crippen molar-refractivity contribution < 1.29 is 17.9 Å². The Morgan fingerprint density at radius 2 is 2.04 bits per heavy atom. The van der Waals surface area contributed by atoms with Gasteiger partial charge in [0.05, 0.1) is 36.4 Å². The molecule has 28 heavy (non-hydrogen) atoms. The van der Waals surface area contributed by atoms with Gasteiger partial charge in [0.1, 0.15) is 5.69 Å². The number of pyridine rings is 2. The Hall–Kier alpha value is -2.30. The summed E-state index contributed by atoms with van der Waals surface area (Å²) < 4.78 is 29.9. The SMILES string of the molecule is CN(CCOC1CCN(c2cncc3ccc(C(N)=O)nc23)CC1)S(C)(=O)=O. The van der Waals surface area contributed by atoms with E-state index in [0.29, 0.717) is 18.7 Å². The fraction of sp³-hybridized carbons (Fsp3) is 0.500. The van der Waals surface area contributed by atoms with Crippen LogP contribution in [0.5, 0.6) is 0 Å². The van der Waals surface area contributed by atoms with E-state index in [1.165, 1.54) is 10.6 Å². The molecule has 0 aliphatic carbocycles. The van der Waals surface area contributed by atoms with E-state index in [9.17, 15) is 13.2 Å². The summed E-state index contributed by atoms with van der Waals surface area (Å²) in [7, 11) is -1.64. The number of anilines is 1. The number of primary amides is 1. The van der Waals surface area contributed by atoms with Crippen LogP contribution in [0.4, 0.5) is 5.69 Å². The van der Waals surface area contributed by atoms with E-state index in [-0.39, 0.29) is 11.8 Å². The minimum absolute atomic E-state index is 0.0845. The number of rotatable bonds is 7. The van der Waals surface area contributed by atoms with E-state index >= 15 is 0 Å². The molecule has 0 spiro atoms. The summed E-state index contributed by atoms with van der Waals surface area (Å²) in [6, 6.07) is 3.40. The first-order valence-electron chi connectivity index (χ1n) is 9.08. The van der Waals surface area contributed by atoms with Gasteiger partial charge in [-0.3, -0.25) is 9.78 Å². The van der Waals surface area contributed by atoms with E-state index < -0.39 is 15.9 Å². The highest BCUT2D eigenvalue weighted by molar-refractivity contribution is 7.88. The highest BCUT2D eigenvalue weighted by Crippen LogP contribution is 2.27. The van der Waals surface area contributed by atoms with E-state index in [1.54, 1.807) is 31.6 Å². The van der Waals surface area contributed by atoms with Crippen molar-refractivity contribution in [2.45, 2.75) is 18.9 Å². The van der Waals surface area contributed by atoms with Crippen LogP contribution in [0.3, 0.4) is 0 Å². The number of sulfonamides is 1. The van der Waals surface area contributed by atoms with Crippen molar-refractivity contribution >= 4 is 32.5 Å². The second-order valence-electron chi connectivity index (χ2n) is 6.93. The van der Waals surface area contributed by atoms with Crippen molar-refractivity contribution in [2.24, 2.45) is 5.73 Å². The number of carbonyl (C=O) groups is 1. The van der Waals surface area contributed by atoms with Gasteiger partial charge in [0, 0.05) is 38.3 Å². The van der Waals surface area contributed by atoms with Gasteiger partial charge in [0.15, 0.2) is 0 Å². The number of nitrogens with two attached hydrogens (primary N) is 1. The van der Waals surface area contributed by atoms with Crippen LogP contribution in [-0.4, -0.2) is 74.2 Å². The number of ether oxygens (including phenoxy) is 1. The molecule has 0 saturated carbocycles. The number of aromatic nitrogens is 2. The first kappa shape index (κ1) is 20.4. The van der Waals surface area contributed by atoms with Crippen LogP contribution in [0.1, 0.15) is 23.3 Å². The highest BCUT2D eigenvalue weighted by Gasteiger charge is 2.22. The normalized spacial score (nSPS) is 16.0. The van der Waals surface area contributed by atoms with Gasteiger partial charge in [-0.1, -0.05) is 0 Å². The second kappa shape index (κ2) is 8.38. The van der Waals surface area contributed by atoms with Gasteiger partial charge in [0.25, 0.3) is 5.91 Å². The molecule has 3 heterocycles. The molecule has 2 N–H and O–H groups in total. The Balaban J connectivity index is 1.62. The third-order valence-corrected chi connectivity index (χ3v) is 6.26. The number of amides is 1.